The number of carboxylic acid groups (broad SMARTS) is 1. The number of nitrogens with zero attached hydrogens (tertiary/aromatic N) is 2. The molecule has 1 aliphatic rings. The van der Waals surface area contributed by atoms with Crippen LogP contribution in [0.15, 0.2) is 5.38 Å². The summed E-state index contributed by atoms with van der Waals surface area (Å²) < 4.78 is 30.9. The van der Waals surface area contributed by atoms with E-state index in [-0.39, 0.29) is 18.8 Å². The van der Waals surface area contributed by atoms with E-state index < -0.39 is 18.0 Å². The van der Waals surface area contributed by atoms with Crippen molar-refractivity contribution >= 4 is 17.3 Å². The van der Waals surface area contributed by atoms with Gasteiger partial charge < -0.3 is 9.84 Å². The number of hydrogen-bond acceptors (Lipinski definition) is 5. The normalized spacial score (nSPS) is 24.8. The number of carboxylic acids is 1. The van der Waals surface area contributed by atoms with Crippen molar-refractivity contribution in [2.24, 2.45) is 0 Å². The summed E-state index contributed by atoms with van der Waals surface area (Å²) >= 11 is 1.22. The second kappa shape index (κ2) is 5.48. The molecule has 0 aliphatic carbocycles. The fourth-order valence-electron chi connectivity index (χ4n) is 1.92. The lowest BCUT2D eigenvalue weighted by Crippen LogP contribution is -2.53. The molecule has 19 heavy (non-hydrogen) atoms. The van der Waals surface area contributed by atoms with Gasteiger partial charge in [0.15, 0.2) is 5.69 Å². The Balaban J connectivity index is 2.00. The van der Waals surface area contributed by atoms with Crippen molar-refractivity contribution < 1.29 is 23.4 Å². The number of alkyl halides is 2. The van der Waals surface area contributed by atoms with Gasteiger partial charge in [-0.05, 0) is 6.92 Å². The lowest BCUT2D eigenvalue weighted by atomic mass is 10.1. The van der Waals surface area contributed by atoms with Crippen molar-refractivity contribution in [3.05, 3.63) is 16.1 Å². The Bertz CT molecular complexity index is 469. The molecule has 0 radical (unpaired) electrons. The summed E-state index contributed by atoms with van der Waals surface area (Å²) in [5.41, 5.74) is -1.48. The maximum atomic E-state index is 12.9. The van der Waals surface area contributed by atoms with Crippen molar-refractivity contribution in [3.8, 4) is 0 Å². The fourth-order valence-corrected chi connectivity index (χ4v) is 2.73. The van der Waals surface area contributed by atoms with Crippen LogP contribution >= 0.6 is 11.3 Å². The van der Waals surface area contributed by atoms with Gasteiger partial charge >= 0.3 is 5.97 Å². The predicted octanol–water partition coefficient (Wildman–Crippen LogP) is 1.70. The number of hydrogen-bond donors (Lipinski definition) is 1. The maximum Gasteiger partial charge on any atom is 0.355 e. The Morgan fingerprint density at radius 3 is 3.05 bits per heavy atom. The Morgan fingerprint density at radius 1 is 1.74 bits per heavy atom. The zero-order valence-electron chi connectivity index (χ0n) is 10.3. The van der Waals surface area contributed by atoms with E-state index in [0.29, 0.717) is 18.1 Å². The van der Waals surface area contributed by atoms with Gasteiger partial charge in [0.05, 0.1) is 13.2 Å². The van der Waals surface area contributed by atoms with Crippen molar-refractivity contribution in [2.75, 3.05) is 19.7 Å². The van der Waals surface area contributed by atoms with Gasteiger partial charge in [0.2, 0.25) is 0 Å². The third kappa shape index (κ3) is 3.26. The molecule has 1 saturated heterocycles. The highest BCUT2D eigenvalue weighted by atomic mass is 32.1. The van der Waals surface area contributed by atoms with Crippen molar-refractivity contribution in [2.45, 2.75) is 25.5 Å². The first-order valence-electron chi connectivity index (χ1n) is 5.73. The van der Waals surface area contributed by atoms with Gasteiger partial charge in [0.1, 0.15) is 10.6 Å². The molecule has 1 aromatic rings. The standard InChI is InChI=1S/C11H14F2N2O3S/c1-11(10(12)13)6-15(2-3-18-11)4-8-14-7(5-19-8)9(16)17/h5,10H,2-4,6H2,1H3,(H,16,17). The van der Waals surface area contributed by atoms with Crippen molar-refractivity contribution in [1.29, 1.82) is 0 Å². The van der Waals surface area contributed by atoms with Crippen LogP contribution in [0.1, 0.15) is 22.4 Å². The van der Waals surface area contributed by atoms with Gasteiger partial charge in [-0.25, -0.2) is 18.6 Å². The highest BCUT2D eigenvalue weighted by Gasteiger charge is 2.40. The van der Waals surface area contributed by atoms with Crippen LogP contribution in [-0.4, -0.2) is 52.7 Å². The predicted molar refractivity (Wildman–Crippen MR) is 64.7 cm³/mol. The molecule has 1 atom stereocenters. The minimum absolute atomic E-state index is 0.00937. The first kappa shape index (κ1) is 14.3. The van der Waals surface area contributed by atoms with E-state index in [1.165, 1.54) is 23.6 Å². The van der Waals surface area contributed by atoms with Gasteiger partial charge in [-0.3, -0.25) is 4.90 Å². The SMILES string of the molecule is CC1(C(F)F)CN(Cc2nc(C(=O)O)cs2)CCO1. The Kier molecular flexibility index (Phi) is 4.12. The highest BCUT2D eigenvalue weighted by Crippen LogP contribution is 2.26. The maximum absolute atomic E-state index is 12.9. The Labute approximate surface area is 112 Å². The summed E-state index contributed by atoms with van der Waals surface area (Å²) in [6.07, 6.45) is -2.55. The van der Waals surface area contributed by atoms with Crippen molar-refractivity contribution in [3.63, 3.8) is 0 Å². The number of morpholine rings is 1. The molecule has 0 spiro atoms. The van der Waals surface area contributed by atoms with Crippen LogP contribution in [0.3, 0.4) is 0 Å². The second-order valence-corrected chi connectivity index (χ2v) is 5.55. The lowest BCUT2D eigenvalue weighted by Gasteiger charge is -2.39. The van der Waals surface area contributed by atoms with Crippen LogP contribution < -0.4 is 0 Å². The zero-order valence-corrected chi connectivity index (χ0v) is 11.1. The van der Waals surface area contributed by atoms with Gasteiger partial charge in [-0.1, -0.05) is 0 Å². The number of carbonyl (C=O) groups is 1. The fraction of sp³-hybridized carbons (Fsp3) is 0.636. The van der Waals surface area contributed by atoms with Crippen LogP contribution in [0.5, 0.6) is 0 Å². The summed E-state index contributed by atoms with van der Waals surface area (Å²) in [5, 5.41) is 10.8. The third-order valence-corrected chi connectivity index (χ3v) is 3.80. The molecular formula is C11H14F2N2O3S. The molecule has 2 rings (SSSR count). The van der Waals surface area contributed by atoms with E-state index in [1.807, 2.05) is 0 Å². The molecule has 0 aromatic carbocycles. The average molecular weight is 292 g/mol. The minimum Gasteiger partial charge on any atom is -0.476 e. The smallest absolute Gasteiger partial charge is 0.355 e. The molecule has 8 heteroatoms. The molecule has 0 bridgehead atoms. The number of aromatic nitrogens is 1. The topological polar surface area (TPSA) is 62.7 Å². The summed E-state index contributed by atoms with van der Waals surface area (Å²) in [6.45, 7) is 2.62. The van der Waals surface area contributed by atoms with Gasteiger partial charge in [0.25, 0.3) is 6.43 Å². The van der Waals surface area contributed by atoms with Gasteiger partial charge in [0, 0.05) is 18.5 Å². The highest BCUT2D eigenvalue weighted by molar-refractivity contribution is 7.09. The molecule has 1 fully saturated rings. The van der Waals surface area contributed by atoms with E-state index >= 15 is 0 Å². The number of halogens is 2. The molecule has 1 unspecified atom stereocenters. The van der Waals surface area contributed by atoms with Gasteiger partial charge in [-0.15, -0.1) is 11.3 Å². The monoisotopic (exact) mass is 292 g/mol. The van der Waals surface area contributed by atoms with E-state index in [9.17, 15) is 13.6 Å². The number of ether oxygens (including phenoxy) is 1. The Hall–Kier alpha value is -1.12. The van der Waals surface area contributed by atoms with Crippen LogP contribution in [0, 0.1) is 0 Å². The zero-order chi connectivity index (χ0) is 14.0. The molecule has 5 nitrogen and oxygen atoms in total. The largest absolute Gasteiger partial charge is 0.476 e. The number of thiazole rings is 1. The molecule has 106 valence electrons. The average Bonchev–Trinajstić information content (AvgIpc) is 2.77. The molecule has 1 aromatic heterocycles. The minimum atomic E-state index is -2.55. The molecule has 0 saturated carbocycles. The van der Waals surface area contributed by atoms with Crippen LogP contribution in [0.2, 0.25) is 0 Å². The molecular weight excluding hydrogens is 278 g/mol. The summed E-state index contributed by atoms with van der Waals surface area (Å²) in [7, 11) is 0. The summed E-state index contributed by atoms with van der Waals surface area (Å²) in [4.78, 5) is 16.5. The lowest BCUT2D eigenvalue weighted by molar-refractivity contribution is -0.171. The van der Waals surface area contributed by atoms with E-state index in [1.54, 1.807) is 4.90 Å². The first-order chi connectivity index (χ1) is 8.90. The quantitative estimate of drug-likeness (QED) is 0.915. The van der Waals surface area contributed by atoms with Crippen LogP contribution in [-0.2, 0) is 11.3 Å². The number of rotatable bonds is 4. The van der Waals surface area contributed by atoms with Gasteiger partial charge in [-0.2, -0.15) is 0 Å². The molecule has 0 amide bonds. The Morgan fingerprint density at radius 2 is 2.47 bits per heavy atom. The molecule has 1 aliphatic heterocycles. The van der Waals surface area contributed by atoms with E-state index in [4.69, 9.17) is 9.84 Å². The molecule has 1 N–H and O–H groups in total. The summed E-state index contributed by atoms with van der Waals surface area (Å²) in [6, 6.07) is 0. The van der Waals surface area contributed by atoms with Crippen LogP contribution in [0.4, 0.5) is 8.78 Å². The van der Waals surface area contributed by atoms with E-state index in [0.717, 1.165) is 0 Å². The number of aromatic carboxylic acids is 1. The first-order valence-corrected chi connectivity index (χ1v) is 6.61. The van der Waals surface area contributed by atoms with Crippen LogP contribution in [0.25, 0.3) is 0 Å². The van der Waals surface area contributed by atoms with E-state index in [2.05, 4.69) is 4.98 Å². The summed E-state index contributed by atoms with van der Waals surface area (Å²) in [5.74, 6) is -1.08. The second-order valence-electron chi connectivity index (χ2n) is 4.60. The molecule has 2 heterocycles. The van der Waals surface area contributed by atoms with Crippen molar-refractivity contribution in [1.82, 2.24) is 9.88 Å². The third-order valence-electron chi connectivity index (χ3n) is 2.97.